The maximum absolute atomic E-state index is 12.3. The summed E-state index contributed by atoms with van der Waals surface area (Å²) in [6, 6.07) is 5.43. The molecular weight excluding hydrogens is 264 g/mol. The van der Waals surface area contributed by atoms with Crippen LogP contribution >= 0.6 is 0 Å². The maximum Gasteiger partial charge on any atom is 0.251 e. The summed E-state index contributed by atoms with van der Waals surface area (Å²) in [6.45, 7) is 2.97. The summed E-state index contributed by atoms with van der Waals surface area (Å²) >= 11 is 0. The molecule has 0 bridgehead atoms. The topological polar surface area (TPSA) is 58.2 Å². The van der Waals surface area contributed by atoms with Gasteiger partial charge in [0.05, 0.1) is 6.42 Å². The van der Waals surface area contributed by atoms with Crippen molar-refractivity contribution in [2.75, 3.05) is 11.9 Å². The number of carbonyl (C=O) groups excluding carboxylic acids is 2. The Morgan fingerprint density at radius 1 is 1.33 bits per heavy atom. The second kappa shape index (κ2) is 5.51. The van der Waals surface area contributed by atoms with Crippen molar-refractivity contribution in [3.05, 3.63) is 29.3 Å². The number of nitrogens with one attached hydrogen (secondary N) is 2. The Morgan fingerprint density at radius 3 is 2.81 bits per heavy atom. The third kappa shape index (κ3) is 2.80. The molecule has 1 aliphatic carbocycles. The standard InChI is InChI=1S/C17H22N2O2/c1-2-17(7-3-4-8-17)11-18-16(21)12-5-6-14-13(9-12)10-15(20)19-14/h5-6,9H,2-4,7-8,10-11H2,1H3,(H,18,21)(H,19,20). The van der Waals surface area contributed by atoms with E-state index in [0.717, 1.165) is 24.2 Å². The number of anilines is 1. The highest BCUT2D eigenvalue weighted by Gasteiger charge is 2.32. The third-order valence-corrected chi connectivity index (χ3v) is 5.03. The minimum absolute atomic E-state index is 0.00144. The molecule has 3 rings (SSSR count). The van der Waals surface area contributed by atoms with Gasteiger partial charge in [-0.1, -0.05) is 19.8 Å². The van der Waals surface area contributed by atoms with Crippen molar-refractivity contribution in [1.29, 1.82) is 0 Å². The van der Waals surface area contributed by atoms with Crippen LogP contribution in [0.25, 0.3) is 0 Å². The molecule has 0 unspecified atom stereocenters. The second-order valence-electron chi connectivity index (χ2n) is 6.34. The Kier molecular flexibility index (Phi) is 3.70. The normalized spacial score (nSPS) is 19.2. The number of rotatable bonds is 4. The average Bonchev–Trinajstić information content (AvgIpc) is 3.09. The monoisotopic (exact) mass is 286 g/mol. The van der Waals surface area contributed by atoms with Gasteiger partial charge < -0.3 is 10.6 Å². The van der Waals surface area contributed by atoms with Gasteiger partial charge in [-0.2, -0.15) is 0 Å². The summed E-state index contributed by atoms with van der Waals surface area (Å²) in [5, 5.41) is 5.88. The zero-order valence-electron chi connectivity index (χ0n) is 12.5. The Hall–Kier alpha value is -1.84. The minimum Gasteiger partial charge on any atom is -0.351 e. The van der Waals surface area contributed by atoms with Gasteiger partial charge in [0, 0.05) is 17.8 Å². The van der Waals surface area contributed by atoms with Crippen molar-refractivity contribution in [2.45, 2.75) is 45.4 Å². The number of fused-ring (bicyclic) bond motifs is 1. The number of carbonyl (C=O) groups is 2. The Bertz CT molecular complexity index is 574. The van der Waals surface area contributed by atoms with Crippen LogP contribution in [0, 0.1) is 5.41 Å². The quantitative estimate of drug-likeness (QED) is 0.894. The van der Waals surface area contributed by atoms with Gasteiger partial charge in [-0.3, -0.25) is 9.59 Å². The van der Waals surface area contributed by atoms with Crippen LogP contribution in [0.1, 0.15) is 54.9 Å². The average molecular weight is 286 g/mol. The molecule has 2 amide bonds. The van der Waals surface area contributed by atoms with Crippen LogP contribution in [0.5, 0.6) is 0 Å². The third-order valence-electron chi connectivity index (χ3n) is 5.03. The van der Waals surface area contributed by atoms with E-state index in [1.807, 2.05) is 12.1 Å². The van der Waals surface area contributed by atoms with Gasteiger partial charge in [0.15, 0.2) is 0 Å². The predicted octanol–water partition coefficient (Wildman–Crippen LogP) is 2.88. The lowest BCUT2D eigenvalue weighted by atomic mass is 9.83. The first kappa shape index (κ1) is 14.1. The molecule has 0 spiro atoms. The van der Waals surface area contributed by atoms with Crippen LogP contribution in [0.4, 0.5) is 5.69 Å². The largest absolute Gasteiger partial charge is 0.351 e. The molecule has 112 valence electrons. The van der Waals surface area contributed by atoms with Crippen LogP contribution in [-0.4, -0.2) is 18.4 Å². The lowest BCUT2D eigenvalue weighted by Gasteiger charge is -2.27. The molecule has 0 radical (unpaired) electrons. The van der Waals surface area contributed by atoms with E-state index in [1.54, 1.807) is 6.07 Å². The minimum atomic E-state index is -0.0307. The summed E-state index contributed by atoms with van der Waals surface area (Å²) in [7, 11) is 0. The first-order valence-corrected chi connectivity index (χ1v) is 7.83. The highest BCUT2D eigenvalue weighted by molar-refractivity contribution is 6.01. The Balaban J connectivity index is 1.66. The number of hydrogen-bond acceptors (Lipinski definition) is 2. The van der Waals surface area contributed by atoms with E-state index in [-0.39, 0.29) is 11.8 Å². The van der Waals surface area contributed by atoms with E-state index in [1.165, 1.54) is 25.7 Å². The van der Waals surface area contributed by atoms with Gasteiger partial charge in [0.2, 0.25) is 5.91 Å². The van der Waals surface area contributed by atoms with E-state index < -0.39 is 0 Å². The molecule has 2 N–H and O–H groups in total. The molecule has 21 heavy (non-hydrogen) atoms. The fraction of sp³-hybridized carbons (Fsp3) is 0.529. The molecular formula is C17H22N2O2. The second-order valence-corrected chi connectivity index (χ2v) is 6.34. The number of benzene rings is 1. The summed E-state index contributed by atoms with van der Waals surface area (Å²) in [5.74, 6) is -0.0321. The maximum atomic E-state index is 12.3. The van der Waals surface area contributed by atoms with E-state index in [2.05, 4.69) is 17.6 Å². The fourth-order valence-electron chi connectivity index (χ4n) is 3.52. The Morgan fingerprint density at radius 2 is 2.10 bits per heavy atom. The number of amides is 2. The molecule has 1 aliphatic heterocycles. The summed E-state index contributed by atoms with van der Waals surface area (Å²) < 4.78 is 0. The predicted molar refractivity (Wildman–Crippen MR) is 82.3 cm³/mol. The molecule has 1 heterocycles. The summed E-state index contributed by atoms with van der Waals surface area (Å²) in [5.41, 5.74) is 2.69. The zero-order chi connectivity index (χ0) is 14.9. The lowest BCUT2D eigenvalue weighted by molar-refractivity contribution is -0.115. The van der Waals surface area contributed by atoms with Crippen LogP contribution in [0.2, 0.25) is 0 Å². The first-order chi connectivity index (χ1) is 10.1. The zero-order valence-corrected chi connectivity index (χ0v) is 12.5. The molecule has 4 nitrogen and oxygen atoms in total. The molecule has 0 atom stereocenters. The van der Waals surface area contributed by atoms with Gasteiger partial charge in [-0.05, 0) is 48.4 Å². The van der Waals surface area contributed by atoms with Crippen LogP contribution in [0.3, 0.4) is 0 Å². The van der Waals surface area contributed by atoms with E-state index in [4.69, 9.17) is 0 Å². The van der Waals surface area contributed by atoms with Crippen molar-refractivity contribution >= 4 is 17.5 Å². The molecule has 0 saturated heterocycles. The van der Waals surface area contributed by atoms with Crippen molar-refractivity contribution in [3.8, 4) is 0 Å². The molecule has 0 aromatic heterocycles. The van der Waals surface area contributed by atoms with Crippen LogP contribution < -0.4 is 10.6 Å². The first-order valence-electron chi connectivity index (χ1n) is 7.83. The highest BCUT2D eigenvalue weighted by atomic mass is 16.2. The van der Waals surface area contributed by atoms with Crippen molar-refractivity contribution in [3.63, 3.8) is 0 Å². The summed E-state index contributed by atoms with van der Waals surface area (Å²) in [6.07, 6.45) is 6.47. The molecule has 4 heteroatoms. The van der Waals surface area contributed by atoms with Crippen molar-refractivity contribution in [1.82, 2.24) is 5.32 Å². The van der Waals surface area contributed by atoms with E-state index in [9.17, 15) is 9.59 Å². The number of hydrogen-bond donors (Lipinski definition) is 2. The van der Waals surface area contributed by atoms with Gasteiger partial charge in [0.25, 0.3) is 5.91 Å². The summed E-state index contributed by atoms with van der Waals surface area (Å²) in [4.78, 5) is 23.7. The molecule has 1 aromatic carbocycles. The van der Waals surface area contributed by atoms with Crippen LogP contribution in [0.15, 0.2) is 18.2 Å². The van der Waals surface area contributed by atoms with E-state index in [0.29, 0.717) is 17.4 Å². The molecule has 1 aromatic rings. The fourth-order valence-corrected chi connectivity index (χ4v) is 3.52. The van der Waals surface area contributed by atoms with Crippen molar-refractivity contribution < 1.29 is 9.59 Å². The van der Waals surface area contributed by atoms with Gasteiger partial charge in [-0.15, -0.1) is 0 Å². The van der Waals surface area contributed by atoms with Crippen LogP contribution in [-0.2, 0) is 11.2 Å². The molecule has 1 saturated carbocycles. The molecule has 2 aliphatic rings. The molecule has 1 fully saturated rings. The van der Waals surface area contributed by atoms with Crippen molar-refractivity contribution in [2.24, 2.45) is 5.41 Å². The van der Waals surface area contributed by atoms with Gasteiger partial charge >= 0.3 is 0 Å². The SMILES string of the molecule is CCC1(CNC(=O)c2ccc3c(c2)CC(=O)N3)CCCC1. The van der Waals surface area contributed by atoms with E-state index >= 15 is 0 Å². The van der Waals surface area contributed by atoms with Gasteiger partial charge in [0.1, 0.15) is 0 Å². The van der Waals surface area contributed by atoms with Gasteiger partial charge in [-0.25, -0.2) is 0 Å². The lowest BCUT2D eigenvalue weighted by Crippen LogP contribution is -2.35. The Labute approximate surface area is 125 Å². The smallest absolute Gasteiger partial charge is 0.251 e. The highest BCUT2D eigenvalue weighted by Crippen LogP contribution is 2.40.